The number of hydrogen-bond acceptors (Lipinski definition) is 3. The molecular formula is C24H17ClO2S. The molecule has 0 amide bonds. The third kappa shape index (κ3) is 3.59. The minimum atomic E-state index is -0.377. The third-order valence-corrected chi connectivity index (χ3v) is 5.97. The highest BCUT2D eigenvalue weighted by molar-refractivity contribution is 7.19. The summed E-state index contributed by atoms with van der Waals surface area (Å²) in [7, 11) is 1.39. The molecule has 3 aromatic carbocycles. The summed E-state index contributed by atoms with van der Waals surface area (Å²) in [6.45, 7) is 0. The topological polar surface area (TPSA) is 26.3 Å². The fourth-order valence-corrected chi connectivity index (χ4v) is 4.52. The molecule has 1 heterocycles. The third-order valence-electron chi connectivity index (χ3n) is 4.50. The van der Waals surface area contributed by atoms with Gasteiger partial charge in [0.25, 0.3) is 0 Å². The molecular weight excluding hydrogens is 388 g/mol. The summed E-state index contributed by atoms with van der Waals surface area (Å²) in [4.78, 5) is 14.6. The van der Waals surface area contributed by atoms with Crippen molar-refractivity contribution in [1.82, 2.24) is 0 Å². The molecule has 0 spiro atoms. The second-order valence-corrected chi connectivity index (χ2v) is 7.76. The molecule has 0 radical (unpaired) electrons. The molecule has 0 bridgehead atoms. The molecule has 2 nitrogen and oxygen atoms in total. The molecule has 0 atom stereocenters. The highest BCUT2D eigenvalue weighted by Crippen LogP contribution is 2.44. The summed E-state index contributed by atoms with van der Waals surface area (Å²) in [5.41, 5.74) is 4.48. The fraction of sp³-hybridized carbons (Fsp3) is 0.0417. The zero-order chi connectivity index (χ0) is 19.5. The van der Waals surface area contributed by atoms with E-state index in [1.807, 2.05) is 42.5 Å². The number of ether oxygens (including phenoxy) is 1. The van der Waals surface area contributed by atoms with Crippen LogP contribution in [0.1, 0.15) is 10.4 Å². The van der Waals surface area contributed by atoms with Crippen LogP contribution >= 0.6 is 22.9 Å². The summed E-state index contributed by atoms with van der Waals surface area (Å²) in [6, 6.07) is 27.8. The maximum atomic E-state index is 12.4. The smallest absolute Gasteiger partial charge is 0.338 e. The zero-order valence-corrected chi connectivity index (χ0v) is 16.8. The average Bonchev–Trinajstić information content (AvgIpc) is 3.20. The minimum Gasteiger partial charge on any atom is -0.465 e. The van der Waals surface area contributed by atoms with Gasteiger partial charge in [0.2, 0.25) is 0 Å². The van der Waals surface area contributed by atoms with Crippen LogP contribution in [-0.4, -0.2) is 13.1 Å². The summed E-state index contributed by atoms with van der Waals surface area (Å²) in [5.74, 6) is -0.377. The van der Waals surface area contributed by atoms with Gasteiger partial charge < -0.3 is 4.74 Å². The van der Waals surface area contributed by atoms with Crippen molar-refractivity contribution in [3.8, 4) is 32.0 Å². The first-order valence-corrected chi connectivity index (χ1v) is 9.99. The van der Waals surface area contributed by atoms with E-state index < -0.39 is 0 Å². The van der Waals surface area contributed by atoms with Crippen molar-refractivity contribution in [3.05, 3.63) is 95.5 Å². The fourth-order valence-electron chi connectivity index (χ4n) is 3.17. The van der Waals surface area contributed by atoms with Gasteiger partial charge >= 0.3 is 5.97 Å². The summed E-state index contributed by atoms with van der Waals surface area (Å²) >= 11 is 7.99. The Kier molecular flexibility index (Phi) is 5.29. The van der Waals surface area contributed by atoms with Gasteiger partial charge in [-0.25, -0.2) is 4.79 Å². The van der Waals surface area contributed by atoms with Crippen LogP contribution in [0.3, 0.4) is 0 Å². The Morgan fingerprint density at radius 2 is 1.46 bits per heavy atom. The molecule has 0 N–H and O–H groups in total. The first-order chi connectivity index (χ1) is 13.7. The van der Waals surface area contributed by atoms with E-state index in [-0.39, 0.29) is 5.97 Å². The number of carbonyl (C=O) groups is 1. The predicted octanol–water partition coefficient (Wildman–Crippen LogP) is 7.19. The molecule has 0 aliphatic heterocycles. The van der Waals surface area contributed by atoms with Gasteiger partial charge in [-0.15, -0.1) is 11.3 Å². The summed E-state index contributed by atoms with van der Waals surface area (Å²) < 4.78 is 5.00. The molecule has 0 saturated heterocycles. The predicted molar refractivity (Wildman–Crippen MR) is 117 cm³/mol. The first-order valence-electron chi connectivity index (χ1n) is 8.80. The Morgan fingerprint density at radius 3 is 2.11 bits per heavy atom. The van der Waals surface area contributed by atoms with Gasteiger partial charge in [-0.1, -0.05) is 72.3 Å². The van der Waals surface area contributed by atoms with Crippen LogP contribution in [-0.2, 0) is 4.74 Å². The van der Waals surface area contributed by atoms with E-state index in [0.717, 1.165) is 32.0 Å². The maximum Gasteiger partial charge on any atom is 0.338 e. The number of thiophene rings is 1. The highest BCUT2D eigenvalue weighted by atomic mass is 35.5. The van der Waals surface area contributed by atoms with E-state index in [4.69, 9.17) is 16.3 Å². The van der Waals surface area contributed by atoms with Crippen LogP contribution < -0.4 is 0 Å². The monoisotopic (exact) mass is 404 g/mol. The Bertz CT molecular complexity index is 1120. The van der Waals surface area contributed by atoms with Crippen molar-refractivity contribution in [3.63, 3.8) is 0 Å². The van der Waals surface area contributed by atoms with Crippen molar-refractivity contribution in [2.45, 2.75) is 0 Å². The minimum absolute atomic E-state index is 0.377. The Labute approximate surface area is 173 Å². The maximum absolute atomic E-state index is 12.4. The van der Waals surface area contributed by atoms with E-state index in [9.17, 15) is 4.79 Å². The summed E-state index contributed by atoms with van der Waals surface area (Å²) in [5, 5.41) is 0.578. The van der Waals surface area contributed by atoms with Crippen LogP contribution in [0.15, 0.2) is 84.9 Å². The lowest BCUT2D eigenvalue weighted by molar-refractivity contribution is 0.0601. The second kappa shape index (κ2) is 8.01. The van der Waals surface area contributed by atoms with Crippen molar-refractivity contribution in [2.24, 2.45) is 0 Å². The average molecular weight is 405 g/mol. The molecule has 0 fully saturated rings. The number of methoxy groups -OCH3 is 1. The van der Waals surface area contributed by atoms with Crippen LogP contribution in [0.2, 0.25) is 5.02 Å². The molecule has 0 aliphatic rings. The molecule has 4 aromatic rings. The van der Waals surface area contributed by atoms with Gasteiger partial charge in [-0.2, -0.15) is 0 Å². The van der Waals surface area contributed by atoms with Crippen LogP contribution in [0.5, 0.6) is 0 Å². The van der Waals surface area contributed by atoms with Crippen LogP contribution in [0.25, 0.3) is 32.0 Å². The Balaban J connectivity index is 1.98. The lowest BCUT2D eigenvalue weighted by atomic mass is 9.97. The molecule has 4 heteroatoms. The van der Waals surface area contributed by atoms with Crippen molar-refractivity contribution >= 4 is 28.9 Å². The van der Waals surface area contributed by atoms with Gasteiger partial charge in [0, 0.05) is 20.3 Å². The van der Waals surface area contributed by atoms with E-state index in [0.29, 0.717) is 10.6 Å². The molecule has 4 rings (SSSR count). The normalized spacial score (nSPS) is 10.6. The zero-order valence-electron chi connectivity index (χ0n) is 15.2. The molecule has 138 valence electrons. The first kappa shape index (κ1) is 18.5. The summed E-state index contributed by atoms with van der Waals surface area (Å²) in [6.07, 6.45) is 0. The molecule has 0 aliphatic carbocycles. The number of halogens is 1. The molecule has 1 aromatic heterocycles. The van der Waals surface area contributed by atoms with E-state index >= 15 is 0 Å². The molecule has 0 unspecified atom stereocenters. The standard InChI is InChI=1S/C24H17ClO2S/c1-27-24(26)19-13-12-18(25)14-20(19)21-15-22(16-8-4-2-5-9-16)28-23(21)17-10-6-3-7-11-17/h2-15H,1H3. The van der Waals surface area contributed by atoms with Crippen LogP contribution in [0, 0.1) is 0 Å². The van der Waals surface area contributed by atoms with Gasteiger partial charge in [0.15, 0.2) is 0 Å². The second-order valence-electron chi connectivity index (χ2n) is 6.27. The van der Waals surface area contributed by atoms with Crippen molar-refractivity contribution in [1.29, 1.82) is 0 Å². The van der Waals surface area contributed by atoms with Crippen LogP contribution in [0.4, 0.5) is 0 Å². The van der Waals surface area contributed by atoms with Gasteiger partial charge in [0.05, 0.1) is 12.7 Å². The van der Waals surface area contributed by atoms with Gasteiger partial charge in [-0.3, -0.25) is 0 Å². The van der Waals surface area contributed by atoms with E-state index in [1.54, 1.807) is 23.5 Å². The number of esters is 1. The number of rotatable bonds is 4. The lowest BCUT2D eigenvalue weighted by Crippen LogP contribution is -2.03. The number of carbonyl (C=O) groups excluding carboxylic acids is 1. The quantitative estimate of drug-likeness (QED) is 0.336. The lowest BCUT2D eigenvalue weighted by Gasteiger charge is -2.10. The SMILES string of the molecule is COC(=O)c1ccc(Cl)cc1-c1cc(-c2ccccc2)sc1-c1ccccc1. The Hall–Kier alpha value is -2.88. The Morgan fingerprint density at radius 1 is 0.821 bits per heavy atom. The van der Waals surface area contributed by atoms with E-state index in [2.05, 4.69) is 30.3 Å². The number of benzene rings is 3. The molecule has 28 heavy (non-hydrogen) atoms. The number of hydrogen-bond donors (Lipinski definition) is 0. The van der Waals surface area contributed by atoms with Gasteiger partial charge in [-0.05, 0) is 41.0 Å². The highest BCUT2D eigenvalue weighted by Gasteiger charge is 2.20. The van der Waals surface area contributed by atoms with Gasteiger partial charge in [0.1, 0.15) is 0 Å². The molecule has 0 saturated carbocycles. The van der Waals surface area contributed by atoms with E-state index in [1.165, 1.54) is 7.11 Å². The van der Waals surface area contributed by atoms with Crippen molar-refractivity contribution < 1.29 is 9.53 Å². The van der Waals surface area contributed by atoms with Crippen molar-refractivity contribution in [2.75, 3.05) is 7.11 Å². The largest absolute Gasteiger partial charge is 0.465 e.